The summed E-state index contributed by atoms with van der Waals surface area (Å²) in [5.74, 6) is -2.28. The van der Waals surface area contributed by atoms with E-state index in [2.05, 4.69) is 11.9 Å². The van der Waals surface area contributed by atoms with E-state index in [4.69, 9.17) is 4.74 Å². The first kappa shape index (κ1) is 16.5. The van der Waals surface area contributed by atoms with E-state index in [1.54, 1.807) is 0 Å². The summed E-state index contributed by atoms with van der Waals surface area (Å²) in [4.78, 5) is 22.3. The highest BCUT2D eigenvalue weighted by Crippen LogP contribution is 2.32. The van der Waals surface area contributed by atoms with E-state index in [1.807, 2.05) is 0 Å². The molecule has 2 N–H and O–H groups in total. The average Bonchev–Trinajstić information content (AvgIpc) is 2.41. The topological polar surface area (TPSA) is 75.6 Å². The fourth-order valence-corrected chi connectivity index (χ4v) is 1.35. The molecular weight excluding hydrogens is 291 g/mol. The molecule has 0 aromatic heterocycles. The Bertz CT molecular complexity index is 555. The number of carbonyl (C=O) groups is 2. The molecule has 5 nitrogen and oxygen atoms in total. The molecule has 114 valence electrons. The highest BCUT2D eigenvalue weighted by atomic mass is 19.4. The molecular formula is C13H12F3NO4. The minimum atomic E-state index is -4.62. The SMILES string of the molecule is C=CC(=O)NCCOC(=O)c1ccc(C(F)(F)F)cc1O. The van der Waals surface area contributed by atoms with E-state index in [0.717, 1.165) is 12.1 Å². The number of phenolic OH excluding ortho intramolecular Hbond substituents is 1. The highest BCUT2D eigenvalue weighted by Gasteiger charge is 2.31. The van der Waals surface area contributed by atoms with Gasteiger partial charge >= 0.3 is 12.1 Å². The standard InChI is InChI=1S/C13H12F3NO4/c1-2-11(19)17-5-6-21-12(20)9-4-3-8(7-10(9)18)13(14,15)16/h2-4,7,18H,1,5-6H2,(H,17,19). The van der Waals surface area contributed by atoms with Crippen LogP contribution in [-0.4, -0.2) is 30.1 Å². The predicted molar refractivity (Wildman–Crippen MR) is 66.6 cm³/mol. The fraction of sp³-hybridized carbons (Fsp3) is 0.231. The van der Waals surface area contributed by atoms with Crippen molar-refractivity contribution < 1.29 is 32.6 Å². The van der Waals surface area contributed by atoms with Gasteiger partial charge in [0, 0.05) is 0 Å². The van der Waals surface area contributed by atoms with Crippen molar-refractivity contribution in [2.75, 3.05) is 13.2 Å². The quantitative estimate of drug-likeness (QED) is 0.495. The molecule has 21 heavy (non-hydrogen) atoms. The second kappa shape index (κ2) is 6.78. The summed E-state index contributed by atoms with van der Waals surface area (Å²) in [7, 11) is 0. The lowest BCUT2D eigenvalue weighted by Crippen LogP contribution is -2.26. The number of esters is 1. The van der Waals surface area contributed by atoms with Crippen molar-refractivity contribution in [1.82, 2.24) is 5.32 Å². The van der Waals surface area contributed by atoms with Crippen molar-refractivity contribution in [3.63, 3.8) is 0 Å². The van der Waals surface area contributed by atoms with Gasteiger partial charge in [-0.1, -0.05) is 6.58 Å². The molecule has 8 heteroatoms. The maximum absolute atomic E-state index is 12.4. The summed E-state index contributed by atoms with van der Waals surface area (Å²) in [6.07, 6.45) is -3.58. The van der Waals surface area contributed by atoms with Gasteiger partial charge in [-0.15, -0.1) is 0 Å². The van der Waals surface area contributed by atoms with Crippen molar-refractivity contribution in [3.8, 4) is 5.75 Å². The third kappa shape index (κ3) is 4.83. The third-order valence-corrected chi connectivity index (χ3v) is 2.36. The van der Waals surface area contributed by atoms with Gasteiger partial charge in [0.1, 0.15) is 17.9 Å². The number of ether oxygens (including phenoxy) is 1. The summed E-state index contributed by atoms with van der Waals surface area (Å²) in [5.41, 5.74) is -1.46. The summed E-state index contributed by atoms with van der Waals surface area (Å²) < 4.78 is 41.8. The van der Waals surface area contributed by atoms with Crippen molar-refractivity contribution >= 4 is 11.9 Å². The van der Waals surface area contributed by atoms with Crippen LogP contribution in [0.2, 0.25) is 0 Å². The molecule has 0 aliphatic carbocycles. The third-order valence-electron chi connectivity index (χ3n) is 2.36. The van der Waals surface area contributed by atoms with Crippen molar-refractivity contribution in [2.45, 2.75) is 6.18 Å². The molecule has 0 heterocycles. The molecule has 1 aromatic carbocycles. The Morgan fingerprint density at radius 1 is 1.38 bits per heavy atom. The molecule has 0 spiro atoms. The minimum absolute atomic E-state index is 0.0119. The number of hydrogen-bond acceptors (Lipinski definition) is 4. The number of aromatic hydroxyl groups is 1. The van der Waals surface area contributed by atoms with Crippen LogP contribution in [-0.2, 0) is 15.7 Å². The zero-order valence-electron chi connectivity index (χ0n) is 10.7. The molecule has 0 saturated heterocycles. The molecule has 0 unspecified atom stereocenters. The number of nitrogens with one attached hydrogen (secondary N) is 1. The number of rotatable bonds is 5. The molecule has 0 radical (unpaired) electrons. The van der Waals surface area contributed by atoms with Crippen molar-refractivity contribution in [3.05, 3.63) is 42.0 Å². The summed E-state index contributed by atoms with van der Waals surface area (Å²) in [6, 6.07) is 1.93. The fourth-order valence-electron chi connectivity index (χ4n) is 1.35. The first-order valence-electron chi connectivity index (χ1n) is 5.73. The maximum atomic E-state index is 12.4. The van der Waals surface area contributed by atoms with Gasteiger partial charge in [0.25, 0.3) is 0 Å². The van der Waals surface area contributed by atoms with Crippen molar-refractivity contribution in [1.29, 1.82) is 0 Å². The maximum Gasteiger partial charge on any atom is 0.416 e. The zero-order chi connectivity index (χ0) is 16.0. The first-order chi connectivity index (χ1) is 9.75. The van der Waals surface area contributed by atoms with Crippen LogP contribution >= 0.6 is 0 Å². The predicted octanol–water partition coefficient (Wildman–Crippen LogP) is 1.87. The van der Waals surface area contributed by atoms with E-state index < -0.39 is 34.9 Å². The Balaban J connectivity index is 2.63. The van der Waals surface area contributed by atoms with Gasteiger partial charge in [-0.3, -0.25) is 4.79 Å². The number of amides is 1. The van der Waals surface area contributed by atoms with Crippen LogP contribution in [0.15, 0.2) is 30.9 Å². The van der Waals surface area contributed by atoms with E-state index in [0.29, 0.717) is 12.1 Å². The second-order valence-electron chi connectivity index (χ2n) is 3.86. The average molecular weight is 303 g/mol. The number of halogens is 3. The van der Waals surface area contributed by atoms with E-state index in [-0.39, 0.29) is 13.2 Å². The van der Waals surface area contributed by atoms with E-state index in [9.17, 15) is 27.9 Å². The van der Waals surface area contributed by atoms with Gasteiger partial charge in [-0.2, -0.15) is 13.2 Å². The second-order valence-corrected chi connectivity index (χ2v) is 3.86. The number of benzene rings is 1. The first-order valence-corrected chi connectivity index (χ1v) is 5.73. The van der Waals surface area contributed by atoms with Gasteiger partial charge in [-0.05, 0) is 24.3 Å². The number of hydrogen-bond donors (Lipinski definition) is 2. The summed E-state index contributed by atoms with van der Waals surface area (Å²) in [6.45, 7) is 3.03. The molecule has 0 aliphatic heterocycles. The summed E-state index contributed by atoms with van der Waals surface area (Å²) in [5, 5.41) is 11.8. The molecule has 0 aliphatic rings. The largest absolute Gasteiger partial charge is 0.507 e. The summed E-state index contributed by atoms with van der Waals surface area (Å²) >= 11 is 0. The minimum Gasteiger partial charge on any atom is -0.507 e. The molecule has 1 rings (SSSR count). The molecule has 0 fully saturated rings. The molecule has 1 amide bonds. The Hall–Kier alpha value is -2.51. The normalized spacial score (nSPS) is 10.8. The van der Waals surface area contributed by atoms with Crippen molar-refractivity contribution in [2.24, 2.45) is 0 Å². The Morgan fingerprint density at radius 2 is 2.05 bits per heavy atom. The van der Waals surface area contributed by atoms with E-state index >= 15 is 0 Å². The molecule has 0 atom stereocenters. The number of phenols is 1. The lowest BCUT2D eigenvalue weighted by Gasteiger charge is -2.10. The van der Waals surface area contributed by atoms with Crippen LogP contribution in [0, 0.1) is 0 Å². The van der Waals surface area contributed by atoms with Crippen LogP contribution in [0.4, 0.5) is 13.2 Å². The molecule has 0 saturated carbocycles. The number of alkyl halides is 3. The van der Waals surface area contributed by atoms with Gasteiger partial charge in [0.05, 0.1) is 12.1 Å². The van der Waals surface area contributed by atoms with E-state index in [1.165, 1.54) is 0 Å². The lowest BCUT2D eigenvalue weighted by molar-refractivity contribution is -0.137. The lowest BCUT2D eigenvalue weighted by atomic mass is 10.1. The monoisotopic (exact) mass is 303 g/mol. The van der Waals surface area contributed by atoms with Gasteiger partial charge in [0.15, 0.2) is 0 Å². The van der Waals surface area contributed by atoms with Crippen LogP contribution in [0.1, 0.15) is 15.9 Å². The zero-order valence-corrected chi connectivity index (χ0v) is 10.7. The van der Waals surface area contributed by atoms with Gasteiger partial charge in [-0.25, -0.2) is 4.79 Å². The van der Waals surface area contributed by atoms with Crippen LogP contribution < -0.4 is 5.32 Å². The Morgan fingerprint density at radius 3 is 2.57 bits per heavy atom. The molecule has 0 bridgehead atoms. The van der Waals surface area contributed by atoms with Crippen LogP contribution in [0.3, 0.4) is 0 Å². The van der Waals surface area contributed by atoms with Crippen LogP contribution in [0.25, 0.3) is 0 Å². The Kier molecular flexibility index (Phi) is 5.34. The number of carbonyl (C=O) groups excluding carboxylic acids is 2. The molecule has 1 aromatic rings. The van der Waals surface area contributed by atoms with Gasteiger partial charge < -0.3 is 15.2 Å². The smallest absolute Gasteiger partial charge is 0.416 e. The highest BCUT2D eigenvalue weighted by molar-refractivity contribution is 5.92. The van der Waals surface area contributed by atoms with Gasteiger partial charge in [0.2, 0.25) is 5.91 Å². The Labute approximate surface area is 118 Å². The van der Waals surface area contributed by atoms with Crippen LogP contribution in [0.5, 0.6) is 5.75 Å².